The molecule has 0 fully saturated rings. The second kappa shape index (κ2) is 8.93. The summed E-state index contributed by atoms with van der Waals surface area (Å²) in [6.07, 6.45) is 3.60. The van der Waals surface area contributed by atoms with Crippen molar-refractivity contribution < 1.29 is 9.47 Å². The number of ether oxygens (including phenoxy) is 2. The standard InChI is InChI=1S/C12H13Cl2N3O2S/c1-18-3-4-19-11-6-10(8(13)5-9(11)14)17-12(20-2)16-7-15/h5-6H,3-4H2,1-2H3,(H,16,17). The van der Waals surface area contributed by atoms with E-state index in [1.807, 2.05) is 6.19 Å². The number of rotatable bonds is 5. The maximum atomic E-state index is 8.61. The van der Waals surface area contributed by atoms with Crippen LogP contribution in [0.15, 0.2) is 17.1 Å². The Balaban J connectivity index is 3.01. The Morgan fingerprint density at radius 3 is 2.75 bits per heavy atom. The number of nitrogens with one attached hydrogen (secondary N) is 1. The first-order valence-corrected chi connectivity index (χ1v) is 7.49. The van der Waals surface area contributed by atoms with Crippen LogP contribution in [-0.4, -0.2) is 31.7 Å². The smallest absolute Gasteiger partial charge is 0.183 e. The minimum absolute atomic E-state index is 0.368. The molecule has 0 bridgehead atoms. The van der Waals surface area contributed by atoms with E-state index in [0.29, 0.717) is 39.9 Å². The second-order valence-electron chi connectivity index (χ2n) is 3.43. The third-order valence-electron chi connectivity index (χ3n) is 2.12. The van der Waals surface area contributed by atoms with Crippen LogP contribution in [0.5, 0.6) is 5.75 Å². The van der Waals surface area contributed by atoms with Crippen molar-refractivity contribution in [2.45, 2.75) is 0 Å². The van der Waals surface area contributed by atoms with E-state index in [-0.39, 0.29) is 0 Å². The lowest BCUT2D eigenvalue weighted by Crippen LogP contribution is -2.12. The lowest BCUT2D eigenvalue weighted by molar-refractivity contribution is 0.146. The van der Waals surface area contributed by atoms with Gasteiger partial charge in [-0.3, -0.25) is 5.32 Å². The Morgan fingerprint density at radius 1 is 1.40 bits per heavy atom. The zero-order chi connectivity index (χ0) is 15.0. The highest BCUT2D eigenvalue weighted by molar-refractivity contribution is 8.13. The molecule has 0 radical (unpaired) electrons. The van der Waals surface area contributed by atoms with Gasteiger partial charge in [-0.25, -0.2) is 4.99 Å². The monoisotopic (exact) mass is 333 g/mol. The molecule has 0 atom stereocenters. The van der Waals surface area contributed by atoms with Crippen LogP contribution in [0, 0.1) is 11.5 Å². The molecule has 0 unspecified atom stereocenters. The highest BCUT2D eigenvalue weighted by Gasteiger charge is 2.09. The summed E-state index contributed by atoms with van der Waals surface area (Å²) in [6.45, 7) is 0.816. The minimum atomic E-state index is 0.368. The van der Waals surface area contributed by atoms with Crippen LogP contribution in [-0.2, 0) is 4.74 Å². The molecule has 0 heterocycles. The van der Waals surface area contributed by atoms with Crippen LogP contribution in [0.3, 0.4) is 0 Å². The largest absolute Gasteiger partial charge is 0.490 e. The Hall–Kier alpha value is -1.13. The summed E-state index contributed by atoms with van der Waals surface area (Å²) in [4.78, 5) is 4.24. The summed E-state index contributed by atoms with van der Waals surface area (Å²) < 4.78 is 10.4. The van der Waals surface area contributed by atoms with Gasteiger partial charge < -0.3 is 9.47 Å². The van der Waals surface area contributed by atoms with E-state index < -0.39 is 0 Å². The predicted octanol–water partition coefficient (Wildman–Crippen LogP) is 3.44. The molecule has 20 heavy (non-hydrogen) atoms. The van der Waals surface area contributed by atoms with Crippen molar-refractivity contribution in [1.29, 1.82) is 5.26 Å². The molecular weight excluding hydrogens is 321 g/mol. The number of hydrogen-bond acceptors (Lipinski definition) is 5. The van der Waals surface area contributed by atoms with Gasteiger partial charge in [0.1, 0.15) is 12.4 Å². The highest BCUT2D eigenvalue weighted by Crippen LogP contribution is 2.36. The first-order chi connectivity index (χ1) is 9.62. The summed E-state index contributed by atoms with van der Waals surface area (Å²) in [5.74, 6) is 0.462. The number of halogens is 2. The Bertz CT molecular complexity index is 532. The lowest BCUT2D eigenvalue weighted by atomic mass is 10.3. The number of hydrogen-bond donors (Lipinski definition) is 1. The predicted molar refractivity (Wildman–Crippen MR) is 83.2 cm³/mol. The van der Waals surface area contributed by atoms with Crippen molar-refractivity contribution in [2.24, 2.45) is 4.99 Å². The number of nitrogens with zero attached hydrogens (tertiary/aromatic N) is 2. The van der Waals surface area contributed by atoms with Gasteiger partial charge >= 0.3 is 0 Å². The van der Waals surface area contributed by atoms with Gasteiger partial charge in [0.2, 0.25) is 0 Å². The quantitative estimate of drug-likeness (QED) is 0.294. The molecule has 0 spiro atoms. The molecule has 1 rings (SSSR count). The fourth-order valence-corrected chi connectivity index (χ4v) is 2.05. The van der Waals surface area contributed by atoms with Gasteiger partial charge in [-0.1, -0.05) is 35.0 Å². The van der Waals surface area contributed by atoms with Gasteiger partial charge in [-0.05, 0) is 12.3 Å². The molecule has 0 aliphatic rings. The van der Waals surface area contributed by atoms with E-state index in [9.17, 15) is 0 Å². The molecule has 1 aromatic carbocycles. The van der Waals surface area contributed by atoms with E-state index in [1.165, 1.54) is 11.8 Å². The van der Waals surface area contributed by atoms with Crippen LogP contribution < -0.4 is 10.1 Å². The molecular formula is C12H13Cl2N3O2S. The zero-order valence-corrected chi connectivity index (χ0v) is 13.3. The molecule has 1 aromatic rings. The Labute approximate surface area is 131 Å². The maximum absolute atomic E-state index is 8.61. The summed E-state index contributed by atoms with van der Waals surface area (Å²) >= 11 is 13.4. The molecule has 0 amide bonds. The minimum Gasteiger partial charge on any atom is -0.490 e. The van der Waals surface area contributed by atoms with E-state index in [1.54, 1.807) is 25.5 Å². The average Bonchev–Trinajstić information content (AvgIpc) is 2.43. The van der Waals surface area contributed by atoms with Gasteiger partial charge in [-0.2, -0.15) is 5.26 Å². The van der Waals surface area contributed by atoms with Gasteiger partial charge in [0.25, 0.3) is 0 Å². The van der Waals surface area contributed by atoms with E-state index in [2.05, 4.69) is 10.3 Å². The molecule has 108 valence electrons. The Kier molecular flexibility index (Phi) is 7.55. The van der Waals surface area contributed by atoms with Crippen LogP contribution in [0.2, 0.25) is 10.0 Å². The third kappa shape index (κ3) is 5.10. The van der Waals surface area contributed by atoms with E-state index in [0.717, 1.165) is 0 Å². The van der Waals surface area contributed by atoms with Crippen molar-refractivity contribution in [3.8, 4) is 11.9 Å². The normalized spacial score (nSPS) is 11.1. The van der Waals surface area contributed by atoms with Crippen molar-refractivity contribution in [2.75, 3.05) is 26.6 Å². The Morgan fingerprint density at radius 2 is 2.15 bits per heavy atom. The number of aliphatic imine (C=N–C) groups is 1. The molecule has 5 nitrogen and oxygen atoms in total. The van der Waals surface area contributed by atoms with E-state index in [4.69, 9.17) is 37.9 Å². The summed E-state index contributed by atoms with van der Waals surface area (Å²) in [6, 6.07) is 3.17. The number of nitriles is 1. The number of thioether (sulfide) groups is 1. The summed E-state index contributed by atoms with van der Waals surface area (Å²) in [5.41, 5.74) is 0.468. The highest BCUT2D eigenvalue weighted by atomic mass is 35.5. The van der Waals surface area contributed by atoms with Crippen molar-refractivity contribution in [3.63, 3.8) is 0 Å². The number of benzene rings is 1. The molecule has 8 heteroatoms. The second-order valence-corrected chi connectivity index (χ2v) is 5.04. The fourth-order valence-electron chi connectivity index (χ4n) is 1.23. The first kappa shape index (κ1) is 16.9. The average molecular weight is 334 g/mol. The van der Waals surface area contributed by atoms with Crippen LogP contribution in [0.25, 0.3) is 0 Å². The molecule has 0 aliphatic carbocycles. The topological polar surface area (TPSA) is 66.6 Å². The van der Waals surface area contributed by atoms with Crippen LogP contribution >= 0.6 is 35.0 Å². The SMILES string of the molecule is COCCOc1cc(N=C(NC#N)SC)c(Cl)cc1Cl. The van der Waals surface area contributed by atoms with Crippen molar-refractivity contribution >= 4 is 45.8 Å². The number of amidine groups is 1. The molecule has 0 saturated heterocycles. The fraction of sp³-hybridized carbons (Fsp3) is 0.333. The lowest BCUT2D eigenvalue weighted by Gasteiger charge is -2.10. The van der Waals surface area contributed by atoms with Crippen molar-refractivity contribution in [3.05, 3.63) is 22.2 Å². The van der Waals surface area contributed by atoms with E-state index >= 15 is 0 Å². The van der Waals surface area contributed by atoms with Gasteiger partial charge in [-0.15, -0.1) is 0 Å². The van der Waals surface area contributed by atoms with Crippen LogP contribution in [0.1, 0.15) is 0 Å². The van der Waals surface area contributed by atoms with Gasteiger partial charge in [0, 0.05) is 13.2 Å². The van der Waals surface area contributed by atoms with Gasteiger partial charge in [0.05, 0.1) is 22.3 Å². The zero-order valence-electron chi connectivity index (χ0n) is 10.9. The van der Waals surface area contributed by atoms with Gasteiger partial charge in [0.15, 0.2) is 11.4 Å². The molecule has 1 N–H and O–H groups in total. The molecule has 0 aliphatic heterocycles. The molecule has 0 aromatic heterocycles. The summed E-state index contributed by atoms with van der Waals surface area (Å²) in [5, 5.41) is 12.3. The van der Waals surface area contributed by atoms with Crippen LogP contribution in [0.4, 0.5) is 5.69 Å². The maximum Gasteiger partial charge on any atom is 0.183 e. The molecule has 0 saturated carbocycles. The number of methoxy groups -OCH3 is 1. The third-order valence-corrected chi connectivity index (χ3v) is 3.30. The van der Waals surface area contributed by atoms with Crippen molar-refractivity contribution in [1.82, 2.24) is 5.32 Å². The summed E-state index contributed by atoms with van der Waals surface area (Å²) in [7, 11) is 1.58. The first-order valence-electron chi connectivity index (χ1n) is 5.51.